The smallest absolute Gasteiger partial charge is 0.101 e. The fourth-order valence-electron chi connectivity index (χ4n) is 0.817. The van der Waals surface area contributed by atoms with Crippen molar-refractivity contribution in [2.24, 2.45) is 0 Å². The Hall–Kier alpha value is 0.560. The average Bonchev–Trinajstić information content (AvgIpc) is 2.39. The minimum Gasteiger partial charge on any atom is -0.128 e. The van der Waals surface area contributed by atoms with Crippen LogP contribution in [0.25, 0.3) is 0 Å². The second-order valence-electron chi connectivity index (χ2n) is 1.98. The lowest BCUT2D eigenvalue weighted by atomic mass is 10.2. The number of allylic oxidation sites excluding steroid dienone is 2. The van der Waals surface area contributed by atoms with Crippen LogP contribution in [0.3, 0.4) is 0 Å². The Kier molecular flexibility index (Phi) is 1.03. The quantitative estimate of drug-likeness (QED) is 0.353. The van der Waals surface area contributed by atoms with E-state index in [0.29, 0.717) is 2.75 Å². The largest absolute Gasteiger partial charge is 0.128 e. The van der Waals surface area contributed by atoms with E-state index < -0.39 is 0 Å². The molecule has 1 aliphatic heterocycles. The molecule has 0 radical (unpaired) electrons. The van der Waals surface area contributed by atoms with Crippen LogP contribution in [0, 0.1) is 0 Å². The first-order chi connectivity index (χ1) is 3.81. The highest BCUT2D eigenvalue weighted by Crippen LogP contribution is 2.61. The zero-order valence-corrected chi connectivity index (χ0v) is 7.15. The van der Waals surface area contributed by atoms with Crippen molar-refractivity contribution in [2.45, 2.75) is 8.00 Å². The molecule has 1 heterocycles. The summed E-state index contributed by atoms with van der Waals surface area (Å²) >= 11 is 4.50. The zero-order valence-electron chi connectivity index (χ0n) is 4.17. The third-order valence-electron chi connectivity index (χ3n) is 1.36. The van der Waals surface area contributed by atoms with Gasteiger partial charge in [0.25, 0.3) is 0 Å². The molecule has 0 aromatic carbocycles. The molecule has 2 heteroatoms. The molecule has 1 fully saturated rings. The summed E-state index contributed by atoms with van der Waals surface area (Å²) in [7, 11) is 0. The SMILES string of the molecule is IC12C=CC=CC1S2. The van der Waals surface area contributed by atoms with Crippen LogP contribution in [-0.4, -0.2) is 8.00 Å². The van der Waals surface area contributed by atoms with Crippen LogP contribution < -0.4 is 0 Å². The molecule has 0 bridgehead atoms. The number of alkyl halides is 1. The summed E-state index contributed by atoms with van der Waals surface area (Å²) in [6, 6.07) is 0. The summed E-state index contributed by atoms with van der Waals surface area (Å²) in [5.41, 5.74) is 0. The van der Waals surface area contributed by atoms with Crippen molar-refractivity contribution in [3.05, 3.63) is 24.3 Å². The van der Waals surface area contributed by atoms with Crippen LogP contribution in [0.4, 0.5) is 0 Å². The molecule has 0 saturated carbocycles. The van der Waals surface area contributed by atoms with Crippen molar-refractivity contribution >= 4 is 34.4 Å². The summed E-state index contributed by atoms with van der Waals surface area (Å²) in [5.74, 6) is 0. The van der Waals surface area contributed by atoms with E-state index >= 15 is 0 Å². The van der Waals surface area contributed by atoms with Gasteiger partial charge in [-0.15, -0.1) is 11.8 Å². The van der Waals surface area contributed by atoms with Crippen LogP contribution in [0.5, 0.6) is 0 Å². The van der Waals surface area contributed by atoms with Crippen LogP contribution >= 0.6 is 34.4 Å². The lowest BCUT2D eigenvalue weighted by Gasteiger charge is -1.97. The van der Waals surface area contributed by atoms with Gasteiger partial charge in [0.05, 0.1) is 5.25 Å². The fraction of sp³-hybridized carbons (Fsp3) is 0.333. The van der Waals surface area contributed by atoms with Gasteiger partial charge in [-0.1, -0.05) is 46.9 Å². The molecule has 2 rings (SSSR count). The Morgan fingerprint density at radius 1 is 1.50 bits per heavy atom. The van der Waals surface area contributed by atoms with Gasteiger partial charge in [0.15, 0.2) is 0 Å². The number of fused-ring (bicyclic) bond motifs is 1. The zero-order chi connectivity index (χ0) is 5.61. The number of halogens is 1. The van der Waals surface area contributed by atoms with Gasteiger partial charge in [-0.05, 0) is 0 Å². The summed E-state index contributed by atoms with van der Waals surface area (Å²) in [6.07, 6.45) is 8.78. The first kappa shape index (κ1) is 5.35. The minimum absolute atomic E-state index is 0.465. The van der Waals surface area contributed by atoms with Crippen molar-refractivity contribution in [2.75, 3.05) is 0 Å². The van der Waals surface area contributed by atoms with E-state index in [1.807, 2.05) is 11.8 Å². The monoisotopic (exact) mass is 236 g/mol. The molecule has 2 unspecified atom stereocenters. The van der Waals surface area contributed by atoms with Crippen molar-refractivity contribution in [3.8, 4) is 0 Å². The Bertz CT molecular complexity index is 173. The van der Waals surface area contributed by atoms with Gasteiger partial charge in [-0.2, -0.15) is 0 Å². The van der Waals surface area contributed by atoms with E-state index in [9.17, 15) is 0 Å². The Labute approximate surface area is 66.6 Å². The lowest BCUT2D eigenvalue weighted by Crippen LogP contribution is -1.99. The predicted octanol–water partition coefficient (Wildman–Crippen LogP) is 2.36. The lowest BCUT2D eigenvalue weighted by molar-refractivity contribution is 1.18. The third kappa shape index (κ3) is 0.658. The minimum atomic E-state index is 0.465. The number of rotatable bonds is 0. The first-order valence-electron chi connectivity index (χ1n) is 2.54. The molecule has 42 valence electrons. The van der Waals surface area contributed by atoms with E-state index in [2.05, 4.69) is 46.9 Å². The van der Waals surface area contributed by atoms with Gasteiger partial charge in [0.1, 0.15) is 2.75 Å². The molecule has 2 atom stereocenters. The summed E-state index contributed by atoms with van der Waals surface area (Å²) in [4.78, 5) is 0. The molecule has 0 aromatic heterocycles. The molecule has 0 amide bonds. The predicted molar refractivity (Wildman–Crippen MR) is 46.4 cm³/mol. The average molecular weight is 236 g/mol. The second-order valence-corrected chi connectivity index (χ2v) is 5.92. The maximum Gasteiger partial charge on any atom is 0.101 e. The van der Waals surface area contributed by atoms with Crippen LogP contribution in [0.15, 0.2) is 24.3 Å². The van der Waals surface area contributed by atoms with Crippen molar-refractivity contribution in [1.82, 2.24) is 0 Å². The molecule has 0 N–H and O–H groups in total. The first-order valence-corrected chi connectivity index (χ1v) is 4.50. The molecule has 1 saturated heterocycles. The van der Waals surface area contributed by atoms with Gasteiger partial charge < -0.3 is 0 Å². The number of hydrogen-bond acceptors (Lipinski definition) is 1. The van der Waals surface area contributed by atoms with Crippen molar-refractivity contribution < 1.29 is 0 Å². The highest BCUT2D eigenvalue weighted by atomic mass is 127. The molecule has 1 aliphatic carbocycles. The van der Waals surface area contributed by atoms with Gasteiger partial charge in [0, 0.05) is 0 Å². The van der Waals surface area contributed by atoms with E-state index in [-0.39, 0.29) is 0 Å². The normalized spacial score (nSPS) is 48.9. The number of hydrogen-bond donors (Lipinski definition) is 0. The second kappa shape index (κ2) is 1.53. The van der Waals surface area contributed by atoms with E-state index in [0.717, 1.165) is 5.25 Å². The molecule has 8 heavy (non-hydrogen) atoms. The van der Waals surface area contributed by atoms with Gasteiger partial charge in [0.2, 0.25) is 0 Å². The molecular weight excluding hydrogens is 231 g/mol. The van der Waals surface area contributed by atoms with E-state index in [1.165, 1.54) is 0 Å². The Balaban J connectivity index is 2.33. The molecule has 0 aromatic rings. The van der Waals surface area contributed by atoms with Gasteiger partial charge in [-0.3, -0.25) is 0 Å². The van der Waals surface area contributed by atoms with E-state index in [4.69, 9.17) is 0 Å². The highest BCUT2D eigenvalue weighted by Gasteiger charge is 2.50. The number of thioether (sulfide) groups is 1. The fourth-order valence-corrected chi connectivity index (χ4v) is 2.86. The maximum atomic E-state index is 2.49. The van der Waals surface area contributed by atoms with Crippen molar-refractivity contribution in [3.63, 3.8) is 0 Å². The van der Waals surface area contributed by atoms with Crippen LogP contribution in [0.1, 0.15) is 0 Å². The van der Waals surface area contributed by atoms with Crippen molar-refractivity contribution in [1.29, 1.82) is 0 Å². The standard InChI is InChI=1S/C6H5IS/c7-6-4-2-1-3-5(6)8-6/h1-5H. The maximum absolute atomic E-state index is 2.49. The van der Waals surface area contributed by atoms with E-state index in [1.54, 1.807) is 0 Å². The van der Waals surface area contributed by atoms with Gasteiger partial charge in [-0.25, -0.2) is 0 Å². The highest BCUT2D eigenvalue weighted by molar-refractivity contribution is 14.1. The Morgan fingerprint density at radius 3 is 2.88 bits per heavy atom. The summed E-state index contributed by atoms with van der Waals surface area (Å²) < 4.78 is 0.465. The molecule has 0 nitrogen and oxygen atoms in total. The summed E-state index contributed by atoms with van der Waals surface area (Å²) in [6.45, 7) is 0. The van der Waals surface area contributed by atoms with Gasteiger partial charge >= 0.3 is 0 Å². The Morgan fingerprint density at radius 2 is 2.38 bits per heavy atom. The topological polar surface area (TPSA) is 0 Å². The van der Waals surface area contributed by atoms with Crippen LogP contribution in [-0.2, 0) is 0 Å². The molecule has 0 spiro atoms. The third-order valence-corrected chi connectivity index (χ3v) is 4.85. The summed E-state index contributed by atoms with van der Waals surface area (Å²) in [5, 5.41) is 0.785. The van der Waals surface area contributed by atoms with Crippen LogP contribution in [0.2, 0.25) is 0 Å². The molecule has 2 aliphatic rings. The molecular formula is C6H5IS.